The van der Waals surface area contributed by atoms with Gasteiger partial charge in [-0.25, -0.2) is 0 Å². The van der Waals surface area contributed by atoms with E-state index in [1.165, 1.54) is 22.4 Å². The average Bonchev–Trinajstić information content (AvgIpc) is 3.02. The van der Waals surface area contributed by atoms with Gasteiger partial charge in [-0.05, 0) is 47.7 Å². The van der Waals surface area contributed by atoms with Gasteiger partial charge in [-0.1, -0.05) is 24.3 Å². The minimum Gasteiger partial charge on any atom is -0.384 e. The Morgan fingerprint density at radius 1 is 1.05 bits per heavy atom. The fraction of sp³-hybridized carbons (Fsp3) is 0.316. The molecule has 0 fully saturated rings. The summed E-state index contributed by atoms with van der Waals surface area (Å²) < 4.78 is 0. The van der Waals surface area contributed by atoms with Crippen LogP contribution >= 0.6 is 0 Å². The summed E-state index contributed by atoms with van der Waals surface area (Å²) in [6.45, 7) is 3.35. The summed E-state index contributed by atoms with van der Waals surface area (Å²) in [5.74, 6) is 0.231. The SMILES string of the molecule is O=C(CN1CCc2ccccc2C1)c1ccc2c(c1)CCN2. The van der Waals surface area contributed by atoms with Gasteiger partial charge in [0.15, 0.2) is 5.78 Å². The second kappa shape index (κ2) is 5.58. The number of hydrogen-bond acceptors (Lipinski definition) is 3. The van der Waals surface area contributed by atoms with E-state index in [-0.39, 0.29) is 5.78 Å². The van der Waals surface area contributed by atoms with Crippen molar-refractivity contribution < 1.29 is 4.79 Å². The Balaban J connectivity index is 1.47. The number of anilines is 1. The van der Waals surface area contributed by atoms with Crippen LogP contribution in [0.15, 0.2) is 42.5 Å². The quantitative estimate of drug-likeness (QED) is 0.883. The number of carbonyl (C=O) groups excluding carboxylic acids is 1. The normalized spacial score (nSPS) is 16.7. The third-order valence-electron chi connectivity index (χ3n) is 4.71. The summed E-state index contributed by atoms with van der Waals surface area (Å²) in [6.07, 6.45) is 2.06. The highest BCUT2D eigenvalue weighted by Crippen LogP contribution is 2.24. The fourth-order valence-corrected chi connectivity index (χ4v) is 3.46. The third kappa shape index (κ3) is 2.53. The second-order valence-electron chi connectivity index (χ2n) is 6.20. The van der Waals surface area contributed by atoms with Gasteiger partial charge in [0, 0.05) is 30.9 Å². The molecule has 2 aromatic carbocycles. The summed E-state index contributed by atoms with van der Waals surface area (Å²) in [4.78, 5) is 14.8. The highest BCUT2D eigenvalue weighted by Gasteiger charge is 2.20. The zero-order chi connectivity index (χ0) is 14.9. The Morgan fingerprint density at radius 3 is 2.82 bits per heavy atom. The average molecular weight is 292 g/mol. The largest absolute Gasteiger partial charge is 0.384 e. The molecule has 0 saturated heterocycles. The van der Waals surface area contributed by atoms with Crippen LogP contribution in [0.5, 0.6) is 0 Å². The standard InChI is InChI=1S/C19H20N2O/c22-19(16-5-6-18-15(11-16)7-9-20-18)13-21-10-8-14-3-1-2-4-17(14)12-21/h1-6,11,20H,7-10,12-13H2. The molecule has 2 aliphatic heterocycles. The zero-order valence-corrected chi connectivity index (χ0v) is 12.6. The summed E-state index contributed by atoms with van der Waals surface area (Å²) >= 11 is 0. The number of hydrogen-bond donors (Lipinski definition) is 1. The van der Waals surface area contributed by atoms with Crippen molar-refractivity contribution in [2.75, 3.05) is 25.0 Å². The molecule has 0 spiro atoms. The van der Waals surface area contributed by atoms with Crippen molar-refractivity contribution in [2.24, 2.45) is 0 Å². The first-order valence-corrected chi connectivity index (χ1v) is 7.99. The van der Waals surface area contributed by atoms with Gasteiger partial charge >= 0.3 is 0 Å². The molecule has 0 radical (unpaired) electrons. The van der Waals surface area contributed by atoms with Gasteiger partial charge in [-0.2, -0.15) is 0 Å². The third-order valence-corrected chi connectivity index (χ3v) is 4.71. The van der Waals surface area contributed by atoms with Crippen molar-refractivity contribution in [1.29, 1.82) is 0 Å². The maximum absolute atomic E-state index is 12.6. The van der Waals surface area contributed by atoms with Crippen LogP contribution in [-0.4, -0.2) is 30.3 Å². The minimum atomic E-state index is 0.231. The van der Waals surface area contributed by atoms with Crippen LogP contribution in [0, 0.1) is 0 Å². The molecule has 0 saturated carbocycles. The maximum atomic E-state index is 12.6. The number of nitrogens with one attached hydrogen (secondary N) is 1. The molecule has 0 bridgehead atoms. The van der Waals surface area contributed by atoms with Gasteiger partial charge in [0.25, 0.3) is 0 Å². The lowest BCUT2D eigenvalue weighted by atomic mass is 9.99. The van der Waals surface area contributed by atoms with Crippen LogP contribution in [0.25, 0.3) is 0 Å². The minimum absolute atomic E-state index is 0.231. The zero-order valence-electron chi connectivity index (χ0n) is 12.6. The predicted molar refractivity (Wildman–Crippen MR) is 88.4 cm³/mol. The van der Waals surface area contributed by atoms with Crippen molar-refractivity contribution in [1.82, 2.24) is 4.90 Å². The molecule has 0 aromatic heterocycles. The first-order chi connectivity index (χ1) is 10.8. The lowest BCUT2D eigenvalue weighted by Gasteiger charge is -2.28. The van der Waals surface area contributed by atoms with Crippen molar-refractivity contribution in [3.8, 4) is 0 Å². The smallest absolute Gasteiger partial charge is 0.176 e. The van der Waals surface area contributed by atoms with Gasteiger partial charge in [0.1, 0.15) is 0 Å². The monoisotopic (exact) mass is 292 g/mol. The number of fused-ring (bicyclic) bond motifs is 2. The first-order valence-electron chi connectivity index (χ1n) is 7.99. The van der Waals surface area contributed by atoms with Crippen molar-refractivity contribution in [2.45, 2.75) is 19.4 Å². The summed E-state index contributed by atoms with van der Waals surface area (Å²) in [6, 6.07) is 14.6. The molecule has 1 N–H and O–H groups in total. The van der Waals surface area contributed by atoms with E-state index < -0.39 is 0 Å². The van der Waals surface area contributed by atoms with Crippen LogP contribution in [0.4, 0.5) is 5.69 Å². The van der Waals surface area contributed by atoms with E-state index in [0.717, 1.165) is 38.0 Å². The van der Waals surface area contributed by atoms with E-state index >= 15 is 0 Å². The van der Waals surface area contributed by atoms with Crippen LogP contribution in [-0.2, 0) is 19.4 Å². The molecule has 0 atom stereocenters. The Hall–Kier alpha value is -2.13. The summed E-state index contributed by atoms with van der Waals surface area (Å²) in [5.41, 5.74) is 6.09. The number of rotatable bonds is 3. The van der Waals surface area contributed by atoms with Gasteiger partial charge in [0.2, 0.25) is 0 Å². The molecular formula is C19H20N2O. The molecule has 2 heterocycles. The first kappa shape index (κ1) is 13.5. The molecule has 3 nitrogen and oxygen atoms in total. The molecule has 2 aromatic rings. The number of Topliss-reactive ketones (excluding diaryl/α,β-unsaturated/α-hetero) is 1. The van der Waals surface area contributed by atoms with Gasteiger partial charge in [0.05, 0.1) is 6.54 Å². The number of carbonyl (C=O) groups is 1. The van der Waals surface area contributed by atoms with E-state index in [1.807, 2.05) is 12.1 Å². The molecule has 0 aliphatic carbocycles. The van der Waals surface area contributed by atoms with Crippen LogP contribution < -0.4 is 5.32 Å². The maximum Gasteiger partial charge on any atom is 0.176 e. The predicted octanol–water partition coefficient (Wildman–Crippen LogP) is 2.90. The fourth-order valence-electron chi connectivity index (χ4n) is 3.46. The number of nitrogens with zero attached hydrogens (tertiary/aromatic N) is 1. The van der Waals surface area contributed by atoms with E-state index in [1.54, 1.807) is 0 Å². The highest BCUT2D eigenvalue weighted by atomic mass is 16.1. The molecular weight excluding hydrogens is 272 g/mol. The topological polar surface area (TPSA) is 32.3 Å². The molecule has 0 unspecified atom stereocenters. The molecule has 3 heteroatoms. The van der Waals surface area contributed by atoms with Crippen molar-refractivity contribution in [3.63, 3.8) is 0 Å². The van der Waals surface area contributed by atoms with Crippen molar-refractivity contribution >= 4 is 11.5 Å². The van der Waals surface area contributed by atoms with E-state index in [4.69, 9.17) is 0 Å². The molecule has 0 amide bonds. The summed E-state index contributed by atoms with van der Waals surface area (Å²) in [5, 5.41) is 3.34. The summed E-state index contributed by atoms with van der Waals surface area (Å²) in [7, 11) is 0. The highest BCUT2D eigenvalue weighted by molar-refractivity contribution is 5.98. The van der Waals surface area contributed by atoms with E-state index in [9.17, 15) is 4.79 Å². The molecule has 112 valence electrons. The second-order valence-corrected chi connectivity index (χ2v) is 6.20. The van der Waals surface area contributed by atoms with Crippen LogP contribution in [0.3, 0.4) is 0 Å². The lowest BCUT2D eigenvalue weighted by Crippen LogP contribution is -2.34. The Bertz CT molecular complexity index is 723. The van der Waals surface area contributed by atoms with Gasteiger partial charge in [-0.3, -0.25) is 9.69 Å². The number of ketones is 1. The lowest BCUT2D eigenvalue weighted by molar-refractivity contribution is 0.0921. The Labute approximate surface area is 131 Å². The van der Waals surface area contributed by atoms with Crippen LogP contribution in [0.1, 0.15) is 27.0 Å². The Morgan fingerprint density at radius 2 is 1.91 bits per heavy atom. The Kier molecular flexibility index (Phi) is 3.43. The molecule has 2 aliphatic rings. The van der Waals surface area contributed by atoms with Crippen LogP contribution in [0.2, 0.25) is 0 Å². The van der Waals surface area contributed by atoms with E-state index in [2.05, 4.69) is 40.5 Å². The van der Waals surface area contributed by atoms with Gasteiger partial charge in [-0.15, -0.1) is 0 Å². The van der Waals surface area contributed by atoms with Crippen molar-refractivity contribution in [3.05, 3.63) is 64.7 Å². The molecule has 4 rings (SSSR count). The molecule has 22 heavy (non-hydrogen) atoms. The number of benzene rings is 2. The van der Waals surface area contributed by atoms with E-state index in [0.29, 0.717) is 6.54 Å². The van der Waals surface area contributed by atoms with Gasteiger partial charge < -0.3 is 5.32 Å².